The summed E-state index contributed by atoms with van der Waals surface area (Å²) in [5, 5.41) is 3.01. The van der Waals surface area contributed by atoms with E-state index in [1.807, 2.05) is 38.1 Å². The van der Waals surface area contributed by atoms with Gasteiger partial charge >= 0.3 is 0 Å². The lowest BCUT2D eigenvalue weighted by Gasteiger charge is -2.28. The highest BCUT2D eigenvalue weighted by Gasteiger charge is 2.33. The number of rotatable bonds is 12. The molecule has 0 radical (unpaired) electrons. The molecule has 1 N–H and O–H groups in total. The second-order valence-corrected chi connectivity index (χ2v) is 8.20. The van der Waals surface area contributed by atoms with Crippen molar-refractivity contribution in [1.82, 2.24) is 4.90 Å². The van der Waals surface area contributed by atoms with Gasteiger partial charge in [-0.05, 0) is 70.5 Å². The molecule has 1 aromatic rings. The Balaban J connectivity index is 1.81. The molecule has 1 aliphatic rings. The lowest BCUT2D eigenvalue weighted by Crippen LogP contribution is -2.42. The molecule has 0 aliphatic carbocycles. The van der Waals surface area contributed by atoms with Crippen molar-refractivity contribution in [2.75, 3.05) is 38.2 Å². The van der Waals surface area contributed by atoms with Gasteiger partial charge in [-0.3, -0.25) is 9.69 Å². The molecule has 1 heterocycles. The van der Waals surface area contributed by atoms with Crippen LogP contribution in [0.1, 0.15) is 72.1 Å². The van der Waals surface area contributed by atoms with Gasteiger partial charge in [-0.2, -0.15) is 0 Å². The topological polar surface area (TPSA) is 50.8 Å². The molecule has 1 unspecified atom stereocenters. The molecule has 1 amide bonds. The van der Waals surface area contributed by atoms with Crippen LogP contribution in [0, 0.1) is 0 Å². The van der Waals surface area contributed by atoms with Crippen LogP contribution in [-0.2, 0) is 9.53 Å². The average Bonchev–Trinajstić information content (AvgIpc) is 2.98. The molecule has 0 aromatic heterocycles. The summed E-state index contributed by atoms with van der Waals surface area (Å²) in [5.41, 5.74) is -0.0111. The summed E-state index contributed by atoms with van der Waals surface area (Å²) in [6.45, 7) is 10.6. The van der Waals surface area contributed by atoms with Gasteiger partial charge in [-0.15, -0.1) is 0 Å². The van der Waals surface area contributed by atoms with Crippen molar-refractivity contribution < 1.29 is 14.3 Å². The SMILES string of the molecule is CCCCCC(C)(OCC)C(=O)Nc1ccc(OCCN2CCCCCC2)cc1. The Morgan fingerprint density at radius 2 is 1.76 bits per heavy atom. The first-order valence-corrected chi connectivity index (χ1v) is 11.5. The first kappa shape index (κ1) is 23.7. The summed E-state index contributed by atoms with van der Waals surface area (Å²) in [6, 6.07) is 7.65. The highest BCUT2D eigenvalue weighted by atomic mass is 16.5. The minimum absolute atomic E-state index is 0.0784. The third kappa shape index (κ3) is 8.35. The molecule has 5 heteroatoms. The van der Waals surface area contributed by atoms with Gasteiger partial charge in [-0.1, -0.05) is 39.0 Å². The number of benzene rings is 1. The average molecular weight is 405 g/mol. The van der Waals surface area contributed by atoms with Crippen LogP contribution < -0.4 is 10.1 Å². The Hall–Kier alpha value is -1.59. The second kappa shape index (κ2) is 12.9. The van der Waals surface area contributed by atoms with E-state index in [1.54, 1.807) is 0 Å². The molecule has 0 saturated carbocycles. The smallest absolute Gasteiger partial charge is 0.256 e. The molecule has 1 aliphatic heterocycles. The minimum atomic E-state index is -0.785. The van der Waals surface area contributed by atoms with Crippen molar-refractivity contribution in [1.29, 1.82) is 0 Å². The molecule has 1 saturated heterocycles. The molecule has 1 atom stereocenters. The Morgan fingerprint density at radius 1 is 1.07 bits per heavy atom. The molecule has 1 aromatic carbocycles. The molecule has 2 rings (SSSR count). The predicted octanol–water partition coefficient (Wildman–Crippen LogP) is 5.26. The molecular formula is C24H40N2O3. The van der Waals surface area contributed by atoms with E-state index in [0.717, 1.165) is 43.7 Å². The van der Waals surface area contributed by atoms with E-state index in [9.17, 15) is 4.79 Å². The number of carbonyl (C=O) groups excluding carboxylic acids is 1. The molecule has 1 fully saturated rings. The summed E-state index contributed by atoms with van der Waals surface area (Å²) in [6.07, 6.45) is 9.27. The molecule has 0 bridgehead atoms. The van der Waals surface area contributed by atoms with Crippen LogP contribution in [0.2, 0.25) is 0 Å². The number of hydrogen-bond donors (Lipinski definition) is 1. The van der Waals surface area contributed by atoms with Crippen LogP contribution >= 0.6 is 0 Å². The van der Waals surface area contributed by atoms with Crippen molar-refractivity contribution >= 4 is 11.6 Å². The monoisotopic (exact) mass is 404 g/mol. The number of ether oxygens (including phenoxy) is 2. The number of nitrogens with one attached hydrogen (secondary N) is 1. The van der Waals surface area contributed by atoms with Crippen LogP contribution in [0.3, 0.4) is 0 Å². The van der Waals surface area contributed by atoms with Gasteiger partial charge in [0.2, 0.25) is 0 Å². The van der Waals surface area contributed by atoms with Crippen LogP contribution in [0.15, 0.2) is 24.3 Å². The highest BCUT2D eigenvalue weighted by Crippen LogP contribution is 2.23. The van der Waals surface area contributed by atoms with Crippen LogP contribution in [-0.4, -0.2) is 49.3 Å². The Labute approximate surface area is 177 Å². The third-order valence-corrected chi connectivity index (χ3v) is 5.69. The lowest BCUT2D eigenvalue weighted by atomic mass is 9.96. The van der Waals surface area contributed by atoms with Gasteiger partial charge < -0.3 is 14.8 Å². The molecule has 5 nitrogen and oxygen atoms in total. The van der Waals surface area contributed by atoms with Crippen molar-refractivity contribution in [3.63, 3.8) is 0 Å². The zero-order chi connectivity index (χ0) is 21.0. The fraction of sp³-hybridized carbons (Fsp3) is 0.708. The molecule has 0 spiro atoms. The van der Waals surface area contributed by atoms with E-state index in [2.05, 4.69) is 17.1 Å². The molecular weight excluding hydrogens is 364 g/mol. The number of hydrogen-bond acceptors (Lipinski definition) is 4. The fourth-order valence-electron chi connectivity index (χ4n) is 3.83. The number of likely N-dealkylation sites (tertiary alicyclic amines) is 1. The van der Waals surface area contributed by atoms with Crippen molar-refractivity contribution in [2.24, 2.45) is 0 Å². The number of amides is 1. The van der Waals surface area contributed by atoms with Gasteiger partial charge in [0.05, 0.1) is 0 Å². The summed E-state index contributed by atoms with van der Waals surface area (Å²) >= 11 is 0. The van der Waals surface area contributed by atoms with E-state index in [-0.39, 0.29) is 5.91 Å². The number of nitrogens with zero attached hydrogens (tertiary/aromatic N) is 1. The van der Waals surface area contributed by atoms with E-state index in [0.29, 0.717) is 13.2 Å². The zero-order valence-corrected chi connectivity index (χ0v) is 18.7. The van der Waals surface area contributed by atoms with Crippen LogP contribution in [0.25, 0.3) is 0 Å². The first-order chi connectivity index (χ1) is 14.1. The van der Waals surface area contributed by atoms with Crippen molar-refractivity contribution in [3.05, 3.63) is 24.3 Å². The van der Waals surface area contributed by atoms with Crippen LogP contribution in [0.4, 0.5) is 5.69 Å². The first-order valence-electron chi connectivity index (χ1n) is 11.5. The second-order valence-electron chi connectivity index (χ2n) is 8.20. The van der Waals surface area contributed by atoms with E-state index in [1.165, 1.54) is 38.8 Å². The summed E-state index contributed by atoms with van der Waals surface area (Å²) < 4.78 is 11.7. The number of unbranched alkanes of at least 4 members (excludes halogenated alkanes) is 2. The Bertz CT molecular complexity index is 582. The third-order valence-electron chi connectivity index (χ3n) is 5.69. The van der Waals surface area contributed by atoms with Crippen molar-refractivity contribution in [3.8, 4) is 5.75 Å². The number of anilines is 1. The maximum absolute atomic E-state index is 12.8. The summed E-state index contributed by atoms with van der Waals surface area (Å²) in [5.74, 6) is 0.763. The highest BCUT2D eigenvalue weighted by molar-refractivity contribution is 5.97. The quantitative estimate of drug-likeness (QED) is 0.483. The van der Waals surface area contributed by atoms with Crippen molar-refractivity contribution in [2.45, 2.75) is 77.7 Å². The fourth-order valence-corrected chi connectivity index (χ4v) is 3.83. The van der Waals surface area contributed by atoms with Gasteiger partial charge in [0, 0.05) is 18.8 Å². The maximum atomic E-state index is 12.8. The largest absolute Gasteiger partial charge is 0.492 e. The number of carbonyl (C=O) groups is 1. The predicted molar refractivity (Wildman–Crippen MR) is 120 cm³/mol. The molecule has 29 heavy (non-hydrogen) atoms. The van der Waals surface area contributed by atoms with Gasteiger partial charge in [0.15, 0.2) is 0 Å². The van der Waals surface area contributed by atoms with E-state index < -0.39 is 5.60 Å². The van der Waals surface area contributed by atoms with Gasteiger partial charge in [-0.25, -0.2) is 0 Å². The zero-order valence-electron chi connectivity index (χ0n) is 18.7. The standard InChI is InChI=1S/C24H40N2O3/c1-4-6-9-16-24(3,29-5-2)23(27)25-21-12-14-22(15-13-21)28-20-19-26-17-10-7-8-11-18-26/h12-15H,4-11,16-20H2,1-3H3,(H,25,27). The summed E-state index contributed by atoms with van der Waals surface area (Å²) in [7, 11) is 0. The summed E-state index contributed by atoms with van der Waals surface area (Å²) in [4.78, 5) is 15.3. The van der Waals surface area contributed by atoms with E-state index in [4.69, 9.17) is 9.47 Å². The normalized spacial score (nSPS) is 17.3. The van der Waals surface area contributed by atoms with Crippen LogP contribution in [0.5, 0.6) is 5.75 Å². The maximum Gasteiger partial charge on any atom is 0.256 e. The minimum Gasteiger partial charge on any atom is -0.492 e. The van der Waals surface area contributed by atoms with Gasteiger partial charge in [0.25, 0.3) is 5.91 Å². The Morgan fingerprint density at radius 3 is 2.38 bits per heavy atom. The lowest BCUT2D eigenvalue weighted by molar-refractivity contribution is -0.139. The molecule has 164 valence electrons. The van der Waals surface area contributed by atoms with E-state index >= 15 is 0 Å². The Kier molecular flexibility index (Phi) is 10.5. The van der Waals surface area contributed by atoms with Gasteiger partial charge in [0.1, 0.15) is 18.0 Å².